The Balaban J connectivity index is 2.15. The van der Waals surface area contributed by atoms with Gasteiger partial charge in [0.15, 0.2) is 17.8 Å². The summed E-state index contributed by atoms with van der Waals surface area (Å²) in [5.41, 5.74) is 2.20. The summed E-state index contributed by atoms with van der Waals surface area (Å²) < 4.78 is 24.4. The summed E-state index contributed by atoms with van der Waals surface area (Å²) in [4.78, 5) is 10.7. The molecule has 0 spiro atoms. The van der Waals surface area contributed by atoms with E-state index in [4.69, 9.17) is 9.47 Å². The summed E-state index contributed by atoms with van der Waals surface area (Å²) in [5.74, 6) is 0.0108. The molecule has 4 heteroatoms. The Bertz CT molecular complexity index is 627. The maximum absolute atomic E-state index is 13.6. The van der Waals surface area contributed by atoms with Crippen LogP contribution in [0.2, 0.25) is 0 Å². The van der Waals surface area contributed by atoms with Gasteiger partial charge in [-0.2, -0.15) is 0 Å². The molecule has 0 atom stereocenters. The van der Waals surface area contributed by atoms with Crippen molar-refractivity contribution in [2.24, 2.45) is 0 Å². The Labute approximate surface area is 123 Å². The molecule has 0 radical (unpaired) electrons. The lowest BCUT2D eigenvalue weighted by Crippen LogP contribution is -2.03. The van der Waals surface area contributed by atoms with Crippen molar-refractivity contribution in [2.75, 3.05) is 13.7 Å². The lowest BCUT2D eigenvalue weighted by molar-refractivity contribution is 0.111. The zero-order valence-corrected chi connectivity index (χ0v) is 12.1. The molecular weight excluding hydrogens is 271 g/mol. The summed E-state index contributed by atoms with van der Waals surface area (Å²) in [6.07, 6.45) is 9.34. The average molecular weight is 288 g/mol. The van der Waals surface area contributed by atoms with Gasteiger partial charge < -0.3 is 9.47 Å². The molecule has 0 N–H and O–H groups in total. The standard InChI is InChI=1S/C17H17FO3/c1-12-4-3-5-13(7-6-12)11-21-17-9-15(18)14(10-19)8-16(17)20-2/h3-4,6-10H,5,11H2,1-2H3. The minimum atomic E-state index is -0.619. The topological polar surface area (TPSA) is 35.5 Å². The number of hydrogen-bond donors (Lipinski definition) is 0. The molecule has 1 aromatic rings. The molecule has 0 amide bonds. The normalized spacial score (nSPS) is 14.0. The highest BCUT2D eigenvalue weighted by molar-refractivity contribution is 5.77. The smallest absolute Gasteiger partial charge is 0.164 e. The first-order valence-electron chi connectivity index (χ1n) is 6.62. The van der Waals surface area contributed by atoms with Crippen molar-refractivity contribution in [3.63, 3.8) is 0 Å². The Morgan fingerprint density at radius 1 is 1.29 bits per heavy atom. The van der Waals surface area contributed by atoms with Crippen molar-refractivity contribution in [3.05, 3.63) is 59.0 Å². The van der Waals surface area contributed by atoms with Crippen LogP contribution in [-0.2, 0) is 0 Å². The van der Waals surface area contributed by atoms with E-state index in [0.29, 0.717) is 18.6 Å². The summed E-state index contributed by atoms with van der Waals surface area (Å²) in [6, 6.07) is 2.51. The SMILES string of the molecule is COc1cc(C=O)c(F)cc1OCC1=CC=C(C)C=CC1. The zero-order valence-electron chi connectivity index (χ0n) is 12.1. The van der Waals surface area contributed by atoms with Gasteiger partial charge in [0.05, 0.1) is 12.7 Å². The van der Waals surface area contributed by atoms with Crippen molar-refractivity contribution < 1.29 is 18.7 Å². The molecule has 0 aliphatic heterocycles. The molecule has 1 aliphatic carbocycles. The van der Waals surface area contributed by atoms with Crippen LogP contribution >= 0.6 is 0 Å². The van der Waals surface area contributed by atoms with Gasteiger partial charge in [0.25, 0.3) is 0 Å². The Kier molecular flexibility index (Phi) is 4.93. The van der Waals surface area contributed by atoms with Gasteiger partial charge in [-0.25, -0.2) is 4.39 Å². The van der Waals surface area contributed by atoms with Crippen LogP contribution in [0.25, 0.3) is 0 Å². The van der Waals surface area contributed by atoms with Gasteiger partial charge in [-0.3, -0.25) is 4.79 Å². The predicted octanol–water partition coefficient (Wildman–Crippen LogP) is 3.86. The van der Waals surface area contributed by atoms with Crippen LogP contribution < -0.4 is 9.47 Å². The second kappa shape index (κ2) is 6.88. The van der Waals surface area contributed by atoms with Crippen LogP contribution in [0.1, 0.15) is 23.7 Å². The van der Waals surface area contributed by atoms with E-state index in [-0.39, 0.29) is 11.3 Å². The highest BCUT2D eigenvalue weighted by atomic mass is 19.1. The molecule has 3 nitrogen and oxygen atoms in total. The van der Waals surface area contributed by atoms with Crippen molar-refractivity contribution in [2.45, 2.75) is 13.3 Å². The number of carbonyl (C=O) groups excluding carboxylic acids is 1. The predicted molar refractivity (Wildman–Crippen MR) is 79.4 cm³/mol. The molecule has 0 saturated heterocycles. The number of benzene rings is 1. The molecule has 1 aromatic carbocycles. The Hall–Kier alpha value is -2.36. The highest BCUT2D eigenvalue weighted by Gasteiger charge is 2.12. The van der Waals surface area contributed by atoms with Crippen LogP contribution in [0, 0.1) is 5.82 Å². The monoisotopic (exact) mass is 288 g/mol. The minimum absolute atomic E-state index is 0.0469. The van der Waals surface area contributed by atoms with Crippen molar-refractivity contribution in [3.8, 4) is 11.5 Å². The van der Waals surface area contributed by atoms with Crippen LogP contribution in [0.4, 0.5) is 4.39 Å². The molecule has 2 rings (SSSR count). The summed E-state index contributed by atoms with van der Waals surface area (Å²) in [5, 5.41) is 0. The summed E-state index contributed by atoms with van der Waals surface area (Å²) in [7, 11) is 1.45. The van der Waals surface area contributed by atoms with Crippen LogP contribution in [0.15, 0.2) is 47.6 Å². The van der Waals surface area contributed by atoms with Gasteiger partial charge in [0.2, 0.25) is 0 Å². The fourth-order valence-corrected chi connectivity index (χ4v) is 1.96. The molecule has 0 aromatic heterocycles. The van der Waals surface area contributed by atoms with Gasteiger partial charge in [-0.15, -0.1) is 0 Å². The zero-order chi connectivity index (χ0) is 15.2. The van der Waals surface area contributed by atoms with Crippen molar-refractivity contribution in [1.29, 1.82) is 0 Å². The van der Waals surface area contributed by atoms with Crippen molar-refractivity contribution in [1.82, 2.24) is 0 Å². The first kappa shape index (κ1) is 15.0. The van der Waals surface area contributed by atoms with E-state index in [0.717, 1.165) is 12.0 Å². The van der Waals surface area contributed by atoms with Gasteiger partial charge >= 0.3 is 0 Å². The number of halogens is 1. The van der Waals surface area contributed by atoms with E-state index in [9.17, 15) is 9.18 Å². The Morgan fingerprint density at radius 2 is 2.10 bits per heavy atom. The molecule has 0 bridgehead atoms. The number of allylic oxidation sites excluding steroid dienone is 5. The Morgan fingerprint density at radius 3 is 2.81 bits per heavy atom. The molecule has 1 aliphatic rings. The third kappa shape index (κ3) is 3.81. The van der Waals surface area contributed by atoms with Gasteiger partial charge in [0.1, 0.15) is 12.4 Å². The number of rotatable bonds is 5. The third-order valence-electron chi connectivity index (χ3n) is 3.17. The number of hydrogen-bond acceptors (Lipinski definition) is 3. The van der Waals surface area contributed by atoms with Crippen LogP contribution in [-0.4, -0.2) is 20.0 Å². The van der Waals surface area contributed by atoms with E-state index >= 15 is 0 Å². The van der Waals surface area contributed by atoms with Gasteiger partial charge in [-0.1, -0.05) is 29.9 Å². The van der Waals surface area contributed by atoms with E-state index in [1.807, 2.05) is 25.2 Å². The first-order valence-corrected chi connectivity index (χ1v) is 6.62. The lowest BCUT2D eigenvalue weighted by atomic mass is 10.2. The highest BCUT2D eigenvalue weighted by Crippen LogP contribution is 2.30. The van der Waals surface area contributed by atoms with Crippen molar-refractivity contribution >= 4 is 6.29 Å². The molecule has 21 heavy (non-hydrogen) atoms. The van der Waals surface area contributed by atoms with E-state index in [1.165, 1.54) is 24.8 Å². The number of carbonyl (C=O) groups is 1. The molecular formula is C17H17FO3. The van der Waals surface area contributed by atoms with Gasteiger partial charge in [-0.05, 0) is 25.0 Å². The average Bonchev–Trinajstić information content (AvgIpc) is 2.69. The quantitative estimate of drug-likeness (QED) is 0.772. The maximum atomic E-state index is 13.6. The first-order chi connectivity index (χ1) is 10.1. The van der Waals surface area contributed by atoms with Crippen LogP contribution in [0.5, 0.6) is 11.5 Å². The molecule has 0 unspecified atom stereocenters. The molecule has 0 fully saturated rings. The third-order valence-corrected chi connectivity index (χ3v) is 3.17. The number of methoxy groups -OCH3 is 1. The summed E-state index contributed by atoms with van der Waals surface area (Å²) in [6.45, 7) is 2.36. The van der Waals surface area contributed by atoms with E-state index in [2.05, 4.69) is 6.08 Å². The fraction of sp³-hybridized carbons (Fsp3) is 0.235. The maximum Gasteiger partial charge on any atom is 0.164 e. The second-order valence-corrected chi connectivity index (χ2v) is 4.77. The second-order valence-electron chi connectivity index (χ2n) is 4.77. The number of ether oxygens (including phenoxy) is 2. The van der Waals surface area contributed by atoms with E-state index < -0.39 is 5.82 Å². The largest absolute Gasteiger partial charge is 0.493 e. The summed E-state index contributed by atoms with van der Waals surface area (Å²) >= 11 is 0. The fourth-order valence-electron chi connectivity index (χ4n) is 1.96. The molecule has 0 heterocycles. The minimum Gasteiger partial charge on any atom is -0.493 e. The molecule has 110 valence electrons. The number of aldehydes is 1. The lowest BCUT2D eigenvalue weighted by Gasteiger charge is -2.12. The van der Waals surface area contributed by atoms with Gasteiger partial charge in [0, 0.05) is 6.07 Å². The van der Waals surface area contributed by atoms with Crippen LogP contribution in [0.3, 0.4) is 0 Å². The molecule has 0 saturated carbocycles. The van der Waals surface area contributed by atoms with E-state index in [1.54, 1.807) is 0 Å².